The molecule has 0 saturated heterocycles. The maximum absolute atomic E-state index is 12.4. The SMILES string of the molecule is O=C(O)C1CCCCCC(c2ccc(OCc3ccc4ccccc4n3)cc2)(c2ccc(OCc3ccc4ccccc4n3)cc2)C1. The Kier molecular flexibility index (Phi) is 8.83. The molecule has 0 radical (unpaired) electrons. The number of pyridine rings is 2. The fourth-order valence-corrected chi connectivity index (χ4v) is 6.95. The number of aliphatic carboxylic acids is 1. The quantitative estimate of drug-likeness (QED) is 0.173. The summed E-state index contributed by atoms with van der Waals surface area (Å²) in [6.45, 7) is 0.735. The Morgan fingerprint density at radius 3 is 1.66 bits per heavy atom. The van der Waals surface area contributed by atoms with Crippen LogP contribution in [0.5, 0.6) is 11.5 Å². The highest BCUT2D eigenvalue weighted by Gasteiger charge is 2.39. The van der Waals surface area contributed by atoms with Crippen molar-refractivity contribution in [2.45, 2.75) is 57.2 Å². The topological polar surface area (TPSA) is 81.5 Å². The molecule has 1 N–H and O–H groups in total. The van der Waals surface area contributed by atoms with E-state index in [1.165, 1.54) is 0 Å². The lowest BCUT2D eigenvalue weighted by Crippen LogP contribution is -2.34. The predicted molar refractivity (Wildman–Crippen MR) is 185 cm³/mol. The lowest BCUT2D eigenvalue weighted by atomic mass is 9.64. The minimum absolute atomic E-state index is 0.368. The number of hydrogen-bond acceptors (Lipinski definition) is 5. The van der Waals surface area contributed by atoms with Crippen molar-refractivity contribution < 1.29 is 19.4 Å². The summed E-state index contributed by atoms with van der Waals surface area (Å²) in [4.78, 5) is 21.9. The third-order valence-corrected chi connectivity index (χ3v) is 9.50. The molecule has 6 nitrogen and oxygen atoms in total. The zero-order valence-electron chi connectivity index (χ0n) is 26.3. The highest BCUT2D eigenvalue weighted by molar-refractivity contribution is 5.79. The highest BCUT2D eigenvalue weighted by atomic mass is 16.5. The monoisotopic (exact) mass is 622 g/mol. The van der Waals surface area contributed by atoms with Crippen LogP contribution in [0.3, 0.4) is 0 Å². The second kappa shape index (κ2) is 13.6. The molecule has 0 amide bonds. The summed E-state index contributed by atoms with van der Waals surface area (Å²) in [6, 6.07) is 40.7. The van der Waals surface area contributed by atoms with Gasteiger partial charge in [-0.25, -0.2) is 9.97 Å². The number of benzene rings is 4. The zero-order chi connectivity index (χ0) is 32.1. The summed E-state index contributed by atoms with van der Waals surface area (Å²) in [6.07, 6.45) is 5.11. The number of aromatic nitrogens is 2. The minimum Gasteiger partial charge on any atom is -0.487 e. The molecule has 6 heteroatoms. The first-order chi connectivity index (χ1) is 23.1. The molecule has 7 rings (SSSR count). The van der Waals surface area contributed by atoms with Gasteiger partial charge in [-0.3, -0.25) is 4.79 Å². The molecular formula is C41H38N2O4. The molecule has 1 atom stereocenters. The molecule has 6 aromatic rings. The van der Waals surface area contributed by atoms with Gasteiger partial charge in [0.15, 0.2) is 0 Å². The van der Waals surface area contributed by atoms with Crippen molar-refractivity contribution in [3.63, 3.8) is 0 Å². The summed E-state index contributed by atoms with van der Waals surface area (Å²) in [5.74, 6) is 0.373. The number of nitrogens with zero attached hydrogens (tertiary/aromatic N) is 2. The number of carboxylic acid groups (broad SMARTS) is 1. The molecule has 0 bridgehead atoms. The molecular weight excluding hydrogens is 584 g/mol. The Morgan fingerprint density at radius 2 is 1.15 bits per heavy atom. The second-order valence-corrected chi connectivity index (χ2v) is 12.5. The van der Waals surface area contributed by atoms with Crippen molar-refractivity contribution in [3.05, 3.63) is 144 Å². The first kappa shape index (κ1) is 30.4. The number of carbonyl (C=O) groups is 1. The van der Waals surface area contributed by atoms with Crippen LogP contribution in [0.4, 0.5) is 0 Å². The van der Waals surface area contributed by atoms with Crippen molar-refractivity contribution in [1.29, 1.82) is 0 Å². The Labute approximate surface area is 275 Å². The average molecular weight is 623 g/mol. The second-order valence-electron chi connectivity index (χ2n) is 12.5. The number of hydrogen-bond donors (Lipinski definition) is 1. The highest BCUT2D eigenvalue weighted by Crippen LogP contribution is 2.46. The molecule has 2 heterocycles. The number of ether oxygens (including phenoxy) is 2. The summed E-state index contributed by atoms with van der Waals surface area (Å²) >= 11 is 0. The van der Waals surface area contributed by atoms with Gasteiger partial charge in [-0.1, -0.05) is 92.1 Å². The molecule has 1 fully saturated rings. The lowest BCUT2D eigenvalue weighted by Gasteiger charge is -2.39. The Bertz CT molecular complexity index is 1860. The smallest absolute Gasteiger partial charge is 0.306 e. The van der Waals surface area contributed by atoms with E-state index < -0.39 is 17.3 Å². The van der Waals surface area contributed by atoms with Gasteiger partial charge in [0.2, 0.25) is 0 Å². The number of carboxylic acids is 1. The van der Waals surface area contributed by atoms with E-state index in [0.717, 1.165) is 81.5 Å². The van der Waals surface area contributed by atoms with Crippen molar-refractivity contribution in [2.24, 2.45) is 5.92 Å². The zero-order valence-corrected chi connectivity index (χ0v) is 26.3. The maximum Gasteiger partial charge on any atom is 0.306 e. The normalized spacial score (nSPS) is 16.3. The molecule has 1 unspecified atom stereocenters. The van der Waals surface area contributed by atoms with E-state index in [-0.39, 0.29) is 0 Å². The van der Waals surface area contributed by atoms with Gasteiger partial charge in [-0.2, -0.15) is 0 Å². The van der Waals surface area contributed by atoms with E-state index in [0.29, 0.717) is 26.1 Å². The van der Waals surface area contributed by atoms with Gasteiger partial charge < -0.3 is 14.6 Å². The first-order valence-corrected chi connectivity index (χ1v) is 16.4. The van der Waals surface area contributed by atoms with E-state index in [2.05, 4.69) is 48.5 Å². The summed E-state index contributed by atoms with van der Waals surface area (Å²) < 4.78 is 12.3. The van der Waals surface area contributed by atoms with Crippen LogP contribution < -0.4 is 9.47 Å². The van der Waals surface area contributed by atoms with Gasteiger partial charge in [0, 0.05) is 16.2 Å². The van der Waals surface area contributed by atoms with Crippen molar-refractivity contribution >= 4 is 27.8 Å². The summed E-state index contributed by atoms with van der Waals surface area (Å²) in [5, 5.41) is 12.4. The van der Waals surface area contributed by atoms with Crippen LogP contribution in [-0.4, -0.2) is 21.0 Å². The molecule has 1 saturated carbocycles. The van der Waals surface area contributed by atoms with Crippen LogP contribution in [-0.2, 0) is 23.4 Å². The molecule has 4 aromatic carbocycles. The van der Waals surface area contributed by atoms with Crippen LogP contribution in [0, 0.1) is 5.92 Å². The van der Waals surface area contributed by atoms with Gasteiger partial charge >= 0.3 is 5.97 Å². The van der Waals surface area contributed by atoms with Gasteiger partial charge in [0.1, 0.15) is 24.7 Å². The van der Waals surface area contributed by atoms with Gasteiger partial charge in [0.05, 0.1) is 28.3 Å². The minimum atomic E-state index is -0.720. The Morgan fingerprint density at radius 1 is 0.638 bits per heavy atom. The van der Waals surface area contributed by atoms with Crippen LogP contribution >= 0.6 is 0 Å². The van der Waals surface area contributed by atoms with E-state index in [4.69, 9.17) is 19.4 Å². The molecule has 236 valence electrons. The first-order valence-electron chi connectivity index (χ1n) is 16.4. The molecule has 1 aliphatic rings. The lowest BCUT2D eigenvalue weighted by molar-refractivity contribution is -0.142. The average Bonchev–Trinajstić information content (AvgIpc) is 3.10. The fraction of sp³-hybridized carbons (Fsp3) is 0.244. The molecule has 47 heavy (non-hydrogen) atoms. The molecule has 0 aliphatic heterocycles. The van der Waals surface area contributed by atoms with Crippen molar-refractivity contribution in [1.82, 2.24) is 9.97 Å². The summed E-state index contributed by atoms with van der Waals surface area (Å²) in [7, 11) is 0. The largest absolute Gasteiger partial charge is 0.487 e. The van der Waals surface area contributed by atoms with Crippen molar-refractivity contribution in [2.75, 3.05) is 0 Å². The van der Waals surface area contributed by atoms with E-state index in [1.807, 2.05) is 72.8 Å². The number of rotatable bonds is 9. The fourth-order valence-electron chi connectivity index (χ4n) is 6.95. The Balaban J connectivity index is 1.12. The van der Waals surface area contributed by atoms with E-state index in [1.54, 1.807) is 0 Å². The third kappa shape index (κ3) is 6.82. The van der Waals surface area contributed by atoms with Crippen LogP contribution in [0.1, 0.15) is 61.0 Å². The van der Waals surface area contributed by atoms with E-state index >= 15 is 0 Å². The van der Waals surface area contributed by atoms with Crippen LogP contribution in [0.25, 0.3) is 21.8 Å². The standard InChI is InChI=1S/C41H38N2O4/c44-40(45)31-10-2-1-7-25-41(26-31,32-15-21-36(22-16-32)46-27-34-19-13-29-8-3-5-11-38(29)42-34)33-17-23-37(24-18-33)47-28-35-20-14-30-9-4-6-12-39(30)43-35/h3-6,8-9,11-24,31H,1-2,7,10,25-28H2,(H,44,45). The molecule has 2 aromatic heterocycles. The number of para-hydroxylation sites is 2. The summed E-state index contributed by atoms with van der Waals surface area (Å²) in [5.41, 5.74) is 5.40. The van der Waals surface area contributed by atoms with Crippen molar-refractivity contribution in [3.8, 4) is 11.5 Å². The molecule has 0 spiro atoms. The van der Waals surface area contributed by atoms with Gasteiger partial charge in [-0.05, 0) is 78.9 Å². The van der Waals surface area contributed by atoms with Gasteiger partial charge in [0.25, 0.3) is 0 Å². The number of fused-ring (bicyclic) bond motifs is 2. The maximum atomic E-state index is 12.4. The molecule has 1 aliphatic carbocycles. The van der Waals surface area contributed by atoms with Gasteiger partial charge in [-0.15, -0.1) is 0 Å². The van der Waals surface area contributed by atoms with Crippen LogP contribution in [0.15, 0.2) is 121 Å². The third-order valence-electron chi connectivity index (χ3n) is 9.50. The predicted octanol–water partition coefficient (Wildman–Crippen LogP) is 9.28. The van der Waals surface area contributed by atoms with Crippen LogP contribution in [0.2, 0.25) is 0 Å². The van der Waals surface area contributed by atoms with E-state index in [9.17, 15) is 9.90 Å². The Hall–Kier alpha value is -5.23.